The number of rotatable bonds is 9. The summed E-state index contributed by atoms with van der Waals surface area (Å²) in [6.07, 6.45) is 1.28. The molecule has 8 nitrogen and oxygen atoms in total. The molecule has 0 unspecified atom stereocenters. The molecule has 0 heterocycles. The third-order valence-electron chi connectivity index (χ3n) is 3.53. The molecule has 3 N–H and O–H groups in total. The smallest absolute Gasteiger partial charge is 0.349 e. The Morgan fingerprint density at radius 1 is 1.13 bits per heavy atom. The van der Waals surface area contributed by atoms with Gasteiger partial charge < -0.3 is 25.1 Å². The predicted octanol–water partition coefficient (Wildman–Crippen LogP) is 3.68. The molecule has 0 spiro atoms. The first kappa shape index (κ1) is 22.4. The van der Waals surface area contributed by atoms with Gasteiger partial charge in [0.2, 0.25) is 0 Å². The van der Waals surface area contributed by atoms with Gasteiger partial charge in [0, 0.05) is 0 Å². The first-order valence-electron chi connectivity index (χ1n) is 9.08. The number of benzene rings is 2. The summed E-state index contributed by atoms with van der Waals surface area (Å²) in [5.41, 5.74) is 5.78. The predicted molar refractivity (Wildman–Crippen MR) is 110 cm³/mol. The molecule has 0 aromatic heterocycles. The van der Waals surface area contributed by atoms with Crippen molar-refractivity contribution in [2.75, 3.05) is 13.2 Å². The Morgan fingerprint density at radius 3 is 2.50 bits per heavy atom. The molecule has 30 heavy (non-hydrogen) atoms. The van der Waals surface area contributed by atoms with Crippen LogP contribution in [0.15, 0.2) is 70.3 Å². The zero-order valence-electron chi connectivity index (χ0n) is 16.5. The normalized spacial score (nSPS) is 12.4. The molecule has 2 rings (SSSR count). The van der Waals surface area contributed by atoms with Gasteiger partial charge in [0.1, 0.15) is 5.75 Å². The molecule has 0 fully saturated rings. The highest BCUT2D eigenvalue weighted by Crippen LogP contribution is 2.24. The van der Waals surface area contributed by atoms with Gasteiger partial charge in [-0.05, 0) is 43.7 Å². The maximum Gasteiger partial charge on any atom is 0.349 e. The first-order valence-corrected chi connectivity index (χ1v) is 9.08. The van der Waals surface area contributed by atoms with E-state index in [-0.39, 0.29) is 19.0 Å². The standard InChI is InChI=1S/C21H22FN3O5/c1-3-28-20(26)18(21(27)29-4-2)19(23)25-24-13-14-10-11-16(22)17(12-14)30-15-8-6-5-7-9-15/h5-13,26H,3-4H2,1-2H3,(H2,23,25)/b20-18+,24-13+. The molecular weight excluding hydrogens is 393 g/mol. The van der Waals surface area contributed by atoms with Crippen molar-refractivity contribution in [2.24, 2.45) is 15.9 Å². The summed E-state index contributed by atoms with van der Waals surface area (Å²) in [6.45, 7) is 3.39. The molecule has 158 valence electrons. The van der Waals surface area contributed by atoms with Crippen molar-refractivity contribution in [1.29, 1.82) is 0 Å². The number of halogens is 1. The Hall–Kier alpha value is -3.88. The third kappa shape index (κ3) is 6.33. The van der Waals surface area contributed by atoms with Crippen LogP contribution in [0.5, 0.6) is 11.5 Å². The van der Waals surface area contributed by atoms with Gasteiger partial charge in [-0.2, -0.15) is 5.10 Å². The molecular formula is C21H22FN3O5. The average Bonchev–Trinajstić information content (AvgIpc) is 2.72. The molecule has 0 aliphatic carbocycles. The lowest BCUT2D eigenvalue weighted by Crippen LogP contribution is -2.25. The summed E-state index contributed by atoms with van der Waals surface area (Å²) in [6, 6.07) is 12.8. The second-order valence-electron chi connectivity index (χ2n) is 5.67. The van der Waals surface area contributed by atoms with Crippen molar-refractivity contribution in [3.8, 4) is 11.5 Å². The van der Waals surface area contributed by atoms with E-state index in [1.54, 1.807) is 38.1 Å². The summed E-state index contributed by atoms with van der Waals surface area (Å²) < 4.78 is 29.3. The number of ether oxygens (including phenoxy) is 3. The van der Waals surface area contributed by atoms with E-state index in [0.29, 0.717) is 11.3 Å². The summed E-state index contributed by atoms with van der Waals surface area (Å²) in [5.74, 6) is -2.09. The second-order valence-corrected chi connectivity index (χ2v) is 5.67. The van der Waals surface area contributed by atoms with Crippen LogP contribution in [-0.2, 0) is 14.3 Å². The Labute approximate surface area is 173 Å². The van der Waals surface area contributed by atoms with E-state index in [0.717, 1.165) is 0 Å². The number of amidine groups is 1. The van der Waals surface area contributed by atoms with E-state index in [1.165, 1.54) is 24.4 Å². The van der Waals surface area contributed by atoms with E-state index in [9.17, 15) is 14.3 Å². The maximum atomic E-state index is 14.0. The molecule has 0 radical (unpaired) electrons. The highest BCUT2D eigenvalue weighted by molar-refractivity contribution is 6.18. The number of carbonyl (C=O) groups is 1. The number of esters is 1. The van der Waals surface area contributed by atoms with E-state index < -0.39 is 29.1 Å². The van der Waals surface area contributed by atoms with E-state index >= 15 is 0 Å². The fraction of sp³-hybridized carbons (Fsp3) is 0.190. The van der Waals surface area contributed by atoms with Crippen molar-refractivity contribution >= 4 is 18.0 Å². The van der Waals surface area contributed by atoms with Crippen LogP contribution in [0.1, 0.15) is 19.4 Å². The molecule has 2 aromatic carbocycles. The van der Waals surface area contributed by atoms with Gasteiger partial charge in [-0.3, -0.25) is 0 Å². The van der Waals surface area contributed by atoms with Crippen LogP contribution < -0.4 is 10.5 Å². The monoisotopic (exact) mass is 415 g/mol. The van der Waals surface area contributed by atoms with Crippen LogP contribution >= 0.6 is 0 Å². The number of hydrogen-bond donors (Lipinski definition) is 2. The number of nitrogens with two attached hydrogens (primary N) is 1. The molecule has 9 heteroatoms. The molecule has 0 aliphatic rings. The number of aliphatic hydroxyl groups is 1. The fourth-order valence-electron chi connectivity index (χ4n) is 2.22. The van der Waals surface area contributed by atoms with Crippen LogP contribution in [0.4, 0.5) is 4.39 Å². The summed E-state index contributed by atoms with van der Waals surface area (Å²) in [5, 5.41) is 17.4. The van der Waals surface area contributed by atoms with Gasteiger partial charge in [0.25, 0.3) is 5.95 Å². The number of hydrogen-bond acceptors (Lipinski definition) is 7. The molecule has 0 saturated heterocycles. The molecule has 2 aromatic rings. The lowest BCUT2D eigenvalue weighted by Gasteiger charge is -2.08. The lowest BCUT2D eigenvalue weighted by molar-refractivity contribution is -0.138. The molecule has 0 bridgehead atoms. The van der Waals surface area contributed by atoms with Crippen molar-refractivity contribution < 1.29 is 28.5 Å². The molecule has 0 aliphatic heterocycles. The lowest BCUT2D eigenvalue weighted by atomic mass is 10.2. The van der Waals surface area contributed by atoms with Gasteiger partial charge in [-0.1, -0.05) is 24.3 Å². The van der Waals surface area contributed by atoms with Gasteiger partial charge >= 0.3 is 5.97 Å². The van der Waals surface area contributed by atoms with Crippen molar-refractivity contribution in [1.82, 2.24) is 0 Å². The highest BCUT2D eigenvalue weighted by Gasteiger charge is 2.22. The zero-order valence-corrected chi connectivity index (χ0v) is 16.5. The van der Waals surface area contributed by atoms with E-state index in [1.807, 2.05) is 6.07 Å². The summed E-state index contributed by atoms with van der Waals surface area (Å²) in [7, 11) is 0. The topological polar surface area (TPSA) is 116 Å². The van der Waals surface area contributed by atoms with Crippen molar-refractivity contribution in [3.63, 3.8) is 0 Å². The fourth-order valence-corrected chi connectivity index (χ4v) is 2.22. The van der Waals surface area contributed by atoms with Crippen molar-refractivity contribution in [2.45, 2.75) is 13.8 Å². The number of nitrogens with zero attached hydrogens (tertiary/aromatic N) is 2. The van der Waals surface area contributed by atoms with Crippen LogP contribution in [0.3, 0.4) is 0 Å². The summed E-state index contributed by atoms with van der Waals surface area (Å²) >= 11 is 0. The van der Waals surface area contributed by atoms with Crippen LogP contribution in [0.2, 0.25) is 0 Å². The Kier molecular flexibility index (Phi) is 8.37. The van der Waals surface area contributed by atoms with Gasteiger partial charge in [-0.15, -0.1) is 5.10 Å². The Bertz CT molecular complexity index is 958. The van der Waals surface area contributed by atoms with Crippen molar-refractivity contribution in [3.05, 3.63) is 71.4 Å². The van der Waals surface area contributed by atoms with Crippen LogP contribution in [0.25, 0.3) is 0 Å². The number of carbonyl (C=O) groups excluding carboxylic acids is 1. The molecule has 0 saturated carbocycles. The number of aliphatic hydroxyl groups excluding tert-OH is 1. The SMILES string of the molecule is CCOC(=O)C(/C(N)=N\N=C\c1ccc(F)c(Oc2ccccc2)c1)=C(\O)OCC. The van der Waals surface area contributed by atoms with Gasteiger partial charge in [0.15, 0.2) is 23.0 Å². The molecule has 0 amide bonds. The minimum absolute atomic E-state index is 0.00296. The minimum Gasteiger partial charge on any atom is -0.480 e. The third-order valence-corrected chi connectivity index (χ3v) is 3.53. The van der Waals surface area contributed by atoms with E-state index in [4.69, 9.17) is 19.9 Å². The van der Waals surface area contributed by atoms with Gasteiger partial charge in [0.05, 0.1) is 19.4 Å². The average molecular weight is 415 g/mol. The number of para-hydroxylation sites is 1. The van der Waals surface area contributed by atoms with E-state index in [2.05, 4.69) is 10.2 Å². The quantitative estimate of drug-likeness (QED) is 0.161. The Morgan fingerprint density at radius 2 is 1.83 bits per heavy atom. The van der Waals surface area contributed by atoms with Crippen LogP contribution in [0, 0.1) is 5.82 Å². The van der Waals surface area contributed by atoms with Gasteiger partial charge in [-0.25, -0.2) is 9.18 Å². The minimum atomic E-state index is -0.903. The highest BCUT2D eigenvalue weighted by atomic mass is 19.1. The largest absolute Gasteiger partial charge is 0.480 e. The zero-order chi connectivity index (χ0) is 21.9. The first-order chi connectivity index (χ1) is 14.5. The molecule has 0 atom stereocenters. The Balaban J connectivity index is 2.23. The second kappa shape index (κ2) is 11.2. The van der Waals surface area contributed by atoms with Crippen LogP contribution in [-0.4, -0.2) is 36.3 Å². The summed E-state index contributed by atoms with van der Waals surface area (Å²) in [4.78, 5) is 12.0. The maximum absolute atomic E-state index is 14.0.